The fraction of sp³-hybridized carbons (Fsp3) is 0.286. The molecule has 1 heterocycles. The average Bonchev–Trinajstić information content (AvgIpc) is 3.14. The molecule has 0 unspecified atom stereocenters. The fourth-order valence-electron chi connectivity index (χ4n) is 3.01. The highest BCUT2D eigenvalue weighted by Crippen LogP contribution is 2.29. The number of thioether (sulfide) groups is 1. The lowest BCUT2D eigenvalue weighted by Gasteiger charge is -2.15. The number of esters is 1. The first kappa shape index (κ1) is 20.7. The number of hydrogen-bond donors (Lipinski definition) is 1. The molecule has 0 saturated heterocycles. The van der Waals surface area contributed by atoms with Crippen LogP contribution in [0.1, 0.15) is 17.0 Å². The number of hydrogen-bond acceptors (Lipinski definition) is 7. The van der Waals surface area contributed by atoms with Crippen molar-refractivity contribution in [2.45, 2.75) is 25.5 Å². The van der Waals surface area contributed by atoms with E-state index in [1.807, 2.05) is 34.9 Å². The van der Waals surface area contributed by atoms with Crippen LogP contribution in [0.25, 0.3) is 5.69 Å². The molecule has 0 aliphatic rings. The van der Waals surface area contributed by atoms with Crippen LogP contribution in [0.3, 0.4) is 0 Å². The predicted molar refractivity (Wildman–Crippen MR) is 114 cm³/mol. The van der Waals surface area contributed by atoms with Crippen LogP contribution < -0.4 is 10.1 Å². The molecule has 0 bridgehead atoms. The molecular formula is C21H24N4O3S. The zero-order valence-corrected chi connectivity index (χ0v) is 17.7. The molecule has 0 radical (unpaired) electrons. The van der Waals surface area contributed by atoms with E-state index in [0.717, 1.165) is 22.5 Å². The molecule has 1 N–H and O–H groups in total. The Kier molecular flexibility index (Phi) is 6.77. The van der Waals surface area contributed by atoms with Gasteiger partial charge in [0.1, 0.15) is 5.75 Å². The van der Waals surface area contributed by atoms with Crippen molar-refractivity contribution in [3.05, 3.63) is 59.4 Å². The number of ether oxygens (including phenoxy) is 2. The second-order valence-electron chi connectivity index (χ2n) is 6.39. The second-order valence-corrected chi connectivity index (χ2v) is 7.33. The van der Waals surface area contributed by atoms with Gasteiger partial charge in [-0.2, -0.15) is 0 Å². The number of para-hydroxylation sites is 3. The summed E-state index contributed by atoms with van der Waals surface area (Å²) in [5.41, 5.74) is 4.21. The topological polar surface area (TPSA) is 78.3 Å². The smallest absolute Gasteiger partial charge is 0.316 e. The Morgan fingerprint density at radius 1 is 1.07 bits per heavy atom. The minimum Gasteiger partial charge on any atom is -0.495 e. The Bertz CT molecular complexity index is 983. The van der Waals surface area contributed by atoms with Crippen LogP contribution in [0.5, 0.6) is 5.75 Å². The van der Waals surface area contributed by atoms with Gasteiger partial charge in [0.15, 0.2) is 11.0 Å². The molecule has 152 valence electrons. The predicted octanol–water partition coefficient (Wildman–Crippen LogP) is 3.77. The highest BCUT2D eigenvalue weighted by Gasteiger charge is 2.19. The van der Waals surface area contributed by atoms with E-state index in [1.165, 1.54) is 18.9 Å². The van der Waals surface area contributed by atoms with Gasteiger partial charge >= 0.3 is 5.97 Å². The molecule has 0 amide bonds. The molecule has 7 nitrogen and oxygen atoms in total. The van der Waals surface area contributed by atoms with Gasteiger partial charge in [-0.1, -0.05) is 42.1 Å². The third-order valence-electron chi connectivity index (χ3n) is 4.48. The number of aryl methyl sites for hydroxylation is 2. The van der Waals surface area contributed by atoms with Crippen molar-refractivity contribution in [2.24, 2.45) is 0 Å². The van der Waals surface area contributed by atoms with Crippen LogP contribution in [0.15, 0.2) is 47.6 Å². The molecule has 0 atom stereocenters. The number of anilines is 1. The van der Waals surface area contributed by atoms with E-state index in [-0.39, 0.29) is 11.7 Å². The molecule has 3 rings (SSSR count). The molecule has 0 saturated carbocycles. The van der Waals surface area contributed by atoms with Crippen LogP contribution in [-0.2, 0) is 16.1 Å². The van der Waals surface area contributed by atoms with Crippen molar-refractivity contribution in [2.75, 3.05) is 25.3 Å². The highest BCUT2D eigenvalue weighted by molar-refractivity contribution is 7.99. The zero-order valence-electron chi connectivity index (χ0n) is 16.9. The number of methoxy groups -OCH3 is 2. The summed E-state index contributed by atoms with van der Waals surface area (Å²) in [4.78, 5) is 11.6. The second kappa shape index (κ2) is 9.47. The molecule has 0 aliphatic carbocycles. The summed E-state index contributed by atoms with van der Waals surface area (Å²) in [6.07, 6.45) is 0. The van der Waals surface area contributed by atoms with Crippen LogP contribution in [0, 0.1) is 13.8 Å². The van der Waals surface area contributed by atoms with Gasteiger partial charge in [0.05, 0.1) is 32.2 Å². The minimum absolute atomic E-state index is 0.147. The zero-order chi connectivity index (χ0) is 20.8. The van der Waals surface area contributed by atoms with Gasteiger partial charge in [0.2, 0.25) is 0 Å². The lowest BCUT2D eigenvalue weighted by Crippen LogP contribution is -2.11. The summed E-state index contributed by atoms with van der Waals surface area (Å²) in [7, 11) is 2.99. The number of nitrogens with one attached hydrogen (secondary N) is 1. The molecule has 8 heteroatoms. The van der Waals surface area contributed by atoms with E-state index in [4.69, 9.17) is 9.47 Å². The maximum absolute atomic E-state index is 11.6. The molecule has 1 aromatic heterocycles. The first-order valence-electron chi connectivity index (χ1n) is 9.12. The summed E-state index contributed by atoms with van der Waals surface area (Å²) in [5.74, 6) is 1.23. The lowest BCUT2D eigenvalue weighted by atomic mass is 10.1. The maximum atomic E-state index is 11.6. The number of rotatable bonds is 8. The van der Waals surface area contributed by atoms with E-state index < -0.39 is 0 Å². The largest absolute Gasteiger partial charge is 0.495 e. The van der Waals surface area contributed by atoms with E-state index in [2.05, 4.69) is 41.5 Å². The van der Waals surface area contributed by atoms with Crippen molar-refractivity contribution < 1.29 is 14.3 Å². The number of carbonyl (C=O) groups is 1. The van der Waals surface area contributed by atoms with Crippen molar-refractivity contribution in [1.29, 1.82) is 0 Å². The standard InChI is InChI=1S/C21H24N4O3S/c1-14-8-7-9-15(2)20(14)22-12-18-23-24-21(29-13-19(26)28-4)25(18)16-10-5-6-11-17(16)27-3/h5-11,22H,12-13H2,1-4H3. The van der Waals surface area contributed by atoms with Crippen molar-refractivity contribution in [3.8, 4) is 11.4 Å². The number of aromatic nitrogens is 3. The quantitative estimate of drug-likeness (QED) is 0.446. The van der Waals surface area contributed by atoms with Crippen LogP contribution in [0.4, 0.5) is 5.69 Å². The van der Waals surface area contributed by atoms with E-state index in [9.17, 15) is 4.79 Å². The molecule has 3 aromatic rings. The summed E-state index contributed by atoms with van der Waals surface area (Å²) >= 11 is 1.27. The Hall–Kier alpha value is -3.00. The lowest BCUT2D eigenvalue weighted by molar-refractivity contribution is -0.137. The molecular weight excluding hydrogens is 388 g/mol. The Labute approximate surface area is 174 Å². The molecule has 0 spiro atoms. The van der Waals surface area contributed by atoms with Crippen LogP contribution in [-0.4, -0.2) is 40.7 Å². The highest BCUT2D eigenvalue weighted by atomic mass is 32.2. The molecule has 0 fully saturated rings. The first-order valence-corrected chi connectivity index (χ1v) is 10.1. The summed E-state index contributed by atoms with van der Waals surface area (Å²) < 4.78 is 12.2. The van der Waals surface area contributed by atoms with E-state index >= 15 is 0 Å². The Balaban J connectivity index is 1.96. The van der Waals surface area contributed by atoms with Gasteiger partial charge in [0.25, 0.3) is 0 Å². The Morgan fingerprint density at radius 3 is 2.48 bits per heavy atom. The number of carbonyl (C=O) groups excluding carboxylic acids is 1. The summed E-state index contributed by atoms with van der Waals surface area (Å²) in [6, 6.07) is 13.8. The van der Waals surface area contributed by atoms with Crippen molar-refractivity contribution in [3.63, 3.8) is 0 Å². The third-order valence-corrected chi connectivity index (χ3v) is 5.38. The van der Waals surface area contributed by atoms with Crippen molar-refractivity contribution >= 4 is 23.4 Å². The molecule has 0 aliphatic heterocycles. The SMILES string of the molecule is COC(=O)CSc1nnc(CNc2c(C)cccc2C)n1-c1ccccc1OC. The van der Waals surface area contributed by atoms with Crippen LogP contribution in [0.2, 0.25) is 0 Å². The van der Waals surface area contributed by atoms with Gasteiger partial charge in [0, 0.05) is 5.69 Å². The van der Waals surface area contributed by atoms with E-state index in [1.54, 1.807) is 7.11 Å². The van der Waals surface area contributed by atoms with Gasteiger partial charge in [-0.05, 0) is 37.1 Å². The normalized spacial score (nSPS) is 10.6. The van der Waals surface area contributed by atoms with Gasteiger partial charge < -0.3 is 14.8 Å². The number of benzene rings is 2. The Morgan fingerprint density at radius 2 is 1.79 bits per heavy atom. The molecule has 29 heavy (non-hydrogen) atoms. The minimum atomic E-state index is -0.320. The summed E-state index contributed by atoms with van der Waals surface area (Å²) in [6.45, 7) is 4.60. The summed E-state index contributed by atoms with van der Waals surface area (Å²) in [5, 5.41) is 12.7. The fourth-order valence-corrected chi connectivity index (χ4v) is 3.80. The maximum Gasteiger partial charge on any atom is 0.316 e. The first-order chi connectivity index (χ1) is 14.0. The third kappa shape index (κ3) is 4.71. The molecule has 2 aromatic carbocycles. The van der Waals surface area contributed by atoms with Gasteiger partial charge in [-0.3, -0.25) is 9.36 Å². The monoisotopic (exact) mass is 412 g/mol. The van der Waals surface area contributed by atoms with E-state index in [0.29, 0.717) is 23.3 Å². The van der Waals surface area contributed by atoms with Gasteiger partial charge in [-0.15, -0.1) is 10.2 Å². The number of nitrogens with zero attached hydrogens (tertiary/aromatic N) is 3. The van der Waals surface area contributed by atoms with Crippen molar-refractivity contribution in [1.82, 2.24) is 14.8 Å². The van der Waals surface area contributed by atoms with Crippen LogP contribution >= 0.6 is 11.8 Å². The van der Waals surface area contributed by atoms with Gasteiger partial charge in [-0.25, -0.2) is 0 Å². The average molecular weight is 413 g/mol.